The molecule has 28 heavy (non-hydrogen) atoms. The van der Waals surface area contributed by atoms with Gasteiger partial charge in [-0.05, 0) is 72.2 Å². The maximum absolute atomic E-state index is 13.8. The smallest absolute Gasteiger partial charge is 0.166 e. The first kappa shape index (κ1) is 19.0. The third-order valence-corrected chi connectivity index (χ3v) is 5.95. The molecule has 4 rings (SSSR count). The van der Waals surface area contributed by atoms with Crippen molar-refractivity contribution >= 4 is 45.6 Å². The Morgan fingerprint density at radius 3 is 3.00 bits per heavy atom. The Morgan fingerprint density at radius 1 is 1.39 bits per heavy atom. The SMILES string of the molecule is CC(=O)CC(=N)c1cnn2ccc(N3CCC[C@@H]3c3cc(F)ccc3I)nc12. The second-order valence-corrected chi connectivity index (χ2v) is 8.15. The van der Waals surface area contributed by atoms with Crippen molar-refractivity contribution in [3.63, 3.8) is 0 Å². The van der Waals surface area contributed by atoms with Crippen molar-refractivity contribution in [3.05, 3.63) is 57.2 Å². The third-order valence-electron chi connectivity index (χ3n) is 4.97. The van der Waals surface area contributed by atoms with Gasteiger partial charge in [0.1, 0.15) is 17.4 Å². The van der Waals surface area contributed by atoms with Crippen LogP contribution in [0, 0.1) is 14.8 Å². The van der Waals surface area contributed by atoms with Crippen LogP contribution >= 0.6 is 22.6 Å². The van der Waals surface area contributed by atoms with E-state index in [1.165, 1.54) is 13.0 Å². The van der Waals surface area contributed by atoms with E-state index in [1.54, 1.807) is 22.8 Å². The number of halogens is 2. The van der Waals surface area contributed by atoms with Gasteiger partial charge in [0.2, 0.25) is 0 Å². The Balaban J connectivity index is 1.73. The van der Waals surface area contributed by atoms with Crippen LogP contribution in [0.25, 0.3) is 5.65 Å². The Hall–Kier alpha value is -2.36. The molecule has 0 radical (unpaired) electrons. The number of benzene rings is 1. The zero-order valence-corrected chi connectivity index (χ0v) is 17.5. The summed E-state index contributed by atoms with van der Waals surface area (Å²) in [6.07, 6.45) is 5.37. The minimum Gasteiger partial charge on any atom is -0.349 e. The monoisotopic (exact) mass is 491 g/mol. The number of ketones is 1. The molecular formula is C20H19FIN5O. The van der Waals surface area contributed by atoms with Crippen LogP contribution in [0.4, 0.5) is 10.2 Å². The highest BCUT2D eigenvalue weighted by molar-refractivity contribution is 14.1. The van der Waals surface area contributed by atoms with Crippen LogP contribution in [-0.4, -0.2) is 32.6 Å². The molecule has 1 aliphatic rings. The summed E-state index contributed by atoms with van der Waals surface area (Å²) in [5, 5.41) is 12.4. The van der Waals surface area contributed by atoms with Gasteiger partial charge in [-0.15, -0.1) is 0 Å². The molecule has 0 saturated carbocycles. The van der Waals surface area contributed by atoms with Crippen molar-refractivity contribution in [1.82, 2.24) is 14.6 Å². The number of hydrogen-bond donors (Lipinski definition) is 1. The lowest BCUT2D eigenvalue weighted by molar-refractivity contribution is -0.115. The lowest BCUT2D eigenvalue weighted by Crippen LogP contribution is -2.24. The van der Waals surface area contributed by atoms with Gasteiger partial charge in [0.05, 0.1) is 23.5 Å². The molecule has 3 heterocycles. The molecule has 0 spiro atoms. The maximum Gasteiger partial charge on any atom is 0.166 e. The number of hydrogen-bond acceptors (Lipinski definition) is 5. The second kappa shape index (κ2) is 7.57. The fraction of sp³-hybridized carbons (Fsp3) is 0.300. The van der Waals surface area contributed by atoms with Crippen molar-refractivity contribution in [2.45, 2.75) is 32.2 Å². The molecule has 0 bridgehead atoms. The summed E-state index contributed by atoms with van der Waals surface area (Å²) in [5.74, 6) is 0.467. The fourth-order valence-corrected chi connectivity index (χ4v) is 4.41. The van der Waals surface area contributed by atoms with Gasteiger partial charge < -0.3 is 10.3 Å². The zero-order chi connectivity index (χ0) is 19.8. The van der Waals surface area contributed by atoms with E-state index >= 15 is 0 Å². The first-order valence-corrected chi connectivity index (χ1v) is 10.1. The maximum atomic E-state index is 13.8. The molecule has 1 aromatic carbocycles. The van der Waals surface area contributed by atoms with Gasteiger partial charge in [-0.1, -0.05) is 0 Å². The van der Waals surface area contributed by atoms with E-state index in [4.69, 9.17) is 10.4 Å². The molecule has 3 aromatic rings. The predicted molar refractivity (Wildman–Crippen MR) is 114 cm³/mol. The van der Waals surface area contributed by atoms with Gasteiger partial charge in [-0.2, -0.15) is 5.10 Å². The van der Waals surface area contributed by atoms with E-state index in [-0.39, 0.29) is 29.8 Å². The molecular weight excluding hydrogens is 472 g/mol. The number of rotatable bonds is 5. The van der Waals surface area contributed by atoms with Crippen molar-refractivity contribution < 1.29 is 9.18 Å². The molecule has 1 fully saturated rings. The van der Waals surface area contributed by atoms with E-state index in [2.05, 4.69) is 32.6 Å². The van der Waals surface area contributed by atoms with Crippen LogP contribution in [0.2, 0.25) is 0 Å². The fourth-order valence-electron chi connectivity index (χ4n) is 3.71. The molecule has 6 nitrogen and oxygen atoms in total. The van der Waals surface area contributed by atoms with Gasteiger partial charge in [0.15, 0.2) is 5.65 Å². The molecule has 1 saturated heterocycles. The number of anilines is 1. The molecule has 1 N–H and O–H groups in total. The molecule has 0 amide bonds. The number of carbonyl (C=O) groups is 1. The van der Waals surface area contributed by atoms with Gasteiger partial charge in [-0.25, -0.2) is 13.9 Å². The minimum absolute atomic E-state index is 0.0561. The van der Waals surface area contributed by atoms with E-state index in [0.29, 0.717) is 11.2 Å². The Morgan fingerprint density at radius 2 is 2.21 bits per heavy atom. The topological polar surface area (TPSA) is 74.3 Å². The van der Waals surface area contributed by atoms with Crippen LogP contribution in [0.3, 0.4) is 0 Å². The van der Waals surface area contributed by atoms with E-state index in [0.717, 1.165) is 34.3 Å². The molecule has 1 aliphatic heterocycles. The molecule has 8 heteroatoms. The van der Waals surface area contributed by atoms with Crippen molar-refractivity contribution in [1.29, 1.82) is 5.41 Å². The summed E-state index contributed by atoms with van der Waals surface area (Å²) in [4.78, 5) is 18.3. The Bertz CT molecular complexity index is 1080. The van der Waals surface area contributed by atoms with Gasteiger partial charge in [0, 0.05) is 22.7 Å². The van der Waals surface area contributed by atoms with Crippen molar-refractivity contribution in [2.75, 3.05) is 11.4 Å². The molecule has 2 aromatic heterocycles. The Labute approximate surface area is 175 Å². The summed E-state index contributed by atoms with van der Waals surface area (Å²) in [6.45, 7) is 2.29. The second-order valence-electron chi connectivity index (χ2n) is 6.99. The lowest BCUT2D eigenvalue weighted by Gasteiger charge is -2.27. The number of nitrogens with zero attached hydrogens (tertiary/aromatic N) is 4. The van der Waals surface area contributed by atoms with Gasteiger partial charge in [0.25, 0.3) is 0 Å². The number of fused-ring (bicyclic) bond motifs is 1. The van der Waals surface area contributed by atoms with Gasteiger partial charge >= 0.3 is 0 Å². The molecule has 0 unspecified atom stereocenters. The number of carbonyl (C=O) groups excluding carboxylic acids is 1. The highest BCUT2D eigenvalue weighted by Crippen LogP contribution is 2.37. The first-order valence-electron chi connectivity index (χ1n) is 9.07. The largest absolute Gasteiger partial charge is 0.349 e. The van der Waals surface area contributed by atoms with Gasteiger partial charge in [-0.3, -0.25) is 4.79 Å². The normalized spacial score (nSPS) is 16.7. The van der Waals surface area contributed by atoms with E-state index in [1.807, 2.05) is 12.3 Å². The standard InChI is InChI=1S/C20H19FIN5O/c1-12(28)9-17(23)15-11-24-27-8-6-19(25-20(15)27)26-7-2-3-18(26)14-10-13(21)4-5-16(14)22/h4-6,8,10-11,18,23H,2-3,7,9H2,1H3/t18-/m1/s1. The number of aromatic nitrogens is 3. The average molecular weight is 491 g/mol. The van der Waals surface area contributed by atoms with Crippen LogP contribution in [0.5, 0.6) is 0 Å². The van der Waals surface area contributed by atoms with Crippen molar-refractivity contribution in [2.24, 2.45) is 0 Å². The van der Waals surface area contributed by atoms with Crippen LogP contribution < -0.4 is 4.90 Å². The predicted octanol–water partition coefficient (Wildman–Crippen LogP) is 4.16. The third kappa shape index (κ3) is 3.52. The van der Waals surface area contributed by atoms with Crippen LogP contribution in [0.15, 0.2) is 36.7 Å². The summed E-state index contributed by atoms with van der Waals surface area (Å²) in [6, 6.07) is 6.84. The van der Waals surface area contributed by atoms with Crippen LogP contribution in [0.1, 0.15) is 43.4 Å². The number of Topliss-reactive ketones (excluding diaryl/α,β-unsaturated/α-hetero) is 1. The summed E-state index contributed by atoms with van der Waals surface area (Å²) in [7, 11) is 0. The summed E-state index contributed by atoms with van der Waals surface area (Å²) < 4.78 is 16.5. The Kier molecular flexibility index (Phi) is 5.13. The van der Waals surface area contributed by atoms with E-state index < -0.39 is 0 Å². The quantitative estimate of drug-likeness (QED) is 0.430. The first-order chi connectivity index (χ1) is 13.4. The lowest BCUT2D eigenvalue weighted by atomic mass is 10.0. The highest BCUT2D eigenvalue weighted by Gasteiger charge is 2.29. The van der Waals surface area contributed by atoms with E-state index in [9.17, 15) is 9.18 Å². The summed E-state index contributed by atoms with van der Waals surface area (Å²) in [5.41, 5.74) is 2.30. The molecule has 0 aliphatic carbocycles. The van der Waals surface area contributed by atoms with Crippen molar-refractivity contribution in [3.8, 4) is 0 Å². The highest BCUT2D eigenvalue weighted by atomic mass is 127. The number of nitrogens with one attached hydrogen (secondary N) is 1. The molecule has 144 valence electrons. The zero-order valence-electron chi connectivity index (χ0n) is 15.3. The minimum atomic E-state index is -0.235. The summed E-state index contributed by atoms with van der Waals surface area (Å²) >= 11 is 2.25. The average Bonchev–Trinajstić information content (AvgIpc) is 3.29. The van der Waals surface area contributed by atoms with Crippen LogP contribution in [-0.2, 0) is 4.79 Å². The molecule has 1 atom stereocenters.